The zero-order valence-electron chi connectivity index (χ0n) is 11.4. The van der Waals surface area contributed by atoms with Gasteiger partial charge < -0.3 is 19.5 Å². The standard InChI is InChI=1S/C8H7BrO2.C5H14NO.HI/c9-5-6-1-3-7(4-2-6)8(10)11;1-6(2,3)4-5-7;/h1-4H,5H2,(H,10,11);7H,4-5H2,1-3H3;1H/q;+1;/p-1. The number of carboxylic acid groups (broad SMARTS) is 1. The van der Waals surface area contributed by atoms with E-state index in [1.54, 1.807) is 12.1 Å². The molecule has 0 fully saturated rings. The molecule has 110 valence electrons. The van der Waals surface area contributed by atoms with Crippen LogP contribution in [0.3, 0.4) is 0 Å². The number of aliphatic hydroxyl groups excluding tert-OH is 1. The first-order valence-corrected chi connectivity index (χ1v) is 6.70. The molecule has 4 nitrogen and oxygen atoms in total. The number of quaternary nitrogens is 1. The number of hydrogen-bond donors (Lipinski definition) is 1. The van der Waals surface area contributed by atoms with Gasteiger partial charge in [-0.2, -0.15) is 0 Å². The van der Waals surface area contributed by atoms with Gasteiger partial charge in [0.25, 0.3) is 0 Å². The van der Waals surface area contributed by atoms with Crippen molar-refractivity contribution >= 4 is 45.9 Å². The van der Waals surface area contributed by atoms with E-state index in [1.165, 1.54) is 12.1 Å². The molecule has 6 heteroatoms. The van der Waals surface area contributed by atoms with Crippen LogP contribution >= 0.6 is 39.9 Å². The van der Waals surface area contributed by atoms with Crippen LogP contribution in [0.4, 0.5) is 0 Å². The van der Waals surface area contributed by atoms with Gasteiger partial charge in [-0.15, -0.1) is 24.0 Å². The predicted molar refractivity (Wildman–Crippen MR) is 88.8 cm³/mol. The van der Waals surface area contributed by atoms with E-state index in [4.69, 9.17) is 5.11 Å². The monoisotopic (exact) mass is 445 g/mol. The third-order valence-corrected chi connectivity index (χ3v) is 2.76. The number of nitrogens with zero attached hydrogens (tertiary/aromatic N) is 1. The second-order valence-corrected chi connectivity index (χ2v) is 5.42. The highest BCUT2D eigenvalue weighted by Crippen LogP contribution is 2.06. The first kappa shape index (κ1) is 21.1. The predicted octanol–water partition coefficient (Wildman–Crippen LogP) is 1.25. The van der Waals surface area contributed by atoms with Crippen LogP contribution in [0, 0.1) is 0 Å². The smallest absolute Gasteiger partial charge is 0.101 e. The van der Waals surface area contributed by atoms with Crippen LogP contribution in [0.2, 0.25) is 0 Å². The number of aliphatic hydroxyl groups is 1. The van der Waals surface area contributed by atoms with E-state index >= 15 is 0 Å². The number of carboxylic acids is 1. The van der Waals surface area contributed by atoms with Crippen LogP contribution in [-0.2, 0) is 5.33 Å². The van der Waals surface area contributed by atoms with E-state index < -0.39 is 5.97 Å². The molecule has 19 heavy (non-hydrogen) atoms. The molecule has 0 aliphatic carbocycles. The van der Waals surface area contributed by atoms with Crippen molar-refractivity contribution in [1.82, 2.24) is 0 Å². The van der Waals surface area contributed by atoms with Gasteiger partial charge in [0, 0.05) is 5.33 Å². The summed E-state index contributed by atoms with van der Waals surface area (Å²) in [6.45, 7) is 1.11. The molecule has 0 radical (unpaired) electrons. The van der Waals surface area contributed by atoms with Gasteiger partial charge >= 0.3 is 0 Å². The molecule has 1 aromatic rings. The number of halogens is 2. The van der Waals surface area contributed by atoms with Crippen LogP contribution in [0.15, 0.2) is 24.3 Å². The zero-order valence-corrected chi connectivity index (χ0v) is 15.3. The minimum absolute atomic E-state index is 0. The number of carbonyl (C=O) groups excluding carboxylic acids is 1. The molecule has 1 rings (SSSR count). The van der Waals surface area contributed by atoms with Crippen LogP contribution in [0.1, 0.15) is 15.9 Å². The van der Waals surface area contributed by atoms with Crippen molar-refractivity contribution in [1.29, 1.82) is 0 Å². The minimum atomic E-state index is -1.13. The third kappa shape index (κ3) is 11.4. The summed E-state index contributed by atoms with van der Waals surface area (Å²) in [4.78, 5) is 10.3. The molecule has 0 aromatic heterocycles. The number of alkyl halides is 1. The molecule has 0 aliphatic heterocycles. The van der Waals surface area contributed by atoms with Crippen molar-refractivity contribution in [2.45, 2.75) is 5.33 Å². The summed E-state index contributed by atoms with van der Waals surface area (Å²) in [5.74, 6) is -1.13. The largest absolute Gasteiger partial charge is 0.545 e. The fourth-order valence-electron chi connectivity index (χ4n) is 1.03. The lowest BCUT2D eigenvalue weighted by atomic mass is 10.2. The van der Waals surface area contributed by atoms with Crippen molar-refractivity contribution in [3.8, 4) is 0 Å². The van der Waals surface area contributed by atoms with Crippen LogP contribution in [-0.4, -0.2) is 49.9 Å². The summed E-state index contributed by atoms with van der Waals surface area (Å²) in [5.41, 5.74) is 1.27. The van der Waals surface area contributed by atoms with Gasteiger partial charge in [-0.3, -0.25) is 0 Å². The second kappa shape index (κ2) is 10.6. The lowest BCUT2D eigenvalue weighted by Gasteiger charge is -2.21. The number of aromatic carboxylic acids is 1. The molecule has 0 spiro atoms. The Morgan fingerprint density at radius 3 is 1.95 bits per heavy atom. The van der Waals surface area contributed by atoms with Crippen molar-refractivity contribution in [2.24, 2.45) is 0 Å². The molecule has 0 atom stereocenters. The number of likely N-dealkylation sites (N-methyl/N-ethyl adjacent to an activating group) is 1. The Morgan fingerprint density at radius 2 is 1.74 bits per heavy atom. The number of carbonyl (C=O) groups is 1. The molecule has 0 heterocycles. The second-order valence-electron chi connectivity index (χ2n) is 4.86. The minimum Gasteiger partial charge on any atom is -0.545 e. The normalized spacial score (nSPS) is 9.95. The van der Waals surface area contributed by atoms with E-state index in [0.717, 1.165) is 21.9 Å². The lowest BCUT2D eigenvalue weighted by molar-refractivity contribution is -0.870. The van der Waals surface area contributed by atoms with E-state index in [1.807, 2.05) is 0 Å². The van der Waals surface area contributed by atoms with Crippen molar-refractivity contribution in [2.75, 3.05) is 34.3 Å². The van der Waals surface area contributed by atoms with Gasteiger partial charge in [0.15, 0.2) is 0 Å². The Labute approximate surface area is 140 Å². The molecule has 1 N–H and O–H groups in total. The van der Waals surface area contributed by atoms with Crippen molar-refractivity contribution < 1.29 is 19.5 Å². The molecule has 0 bridgehead atoms. The Hall–Kier alpha value is -0.180. The van der Waals surface area contributed by atoms with Gasteiger partial charge in [0.05, 0.1) is 33.7 Å². The summed E-state index contributed by atoms with van der Waals surface area (Å²) >= 11 is 3.26. The van der Waals surface area contributed by atoms with Gasteiger partial charge in [0.1, 0.15) is 6.54 Å². The molecule has 1 aromatic carbocycles. The molecule has 0 amide bonds. The fourth-order valence-corrected chi connectivity index (χ4v) is 1.40. The van der Waals surface area contributed by atoms with Crippen LogP contribution in [0.5, 0.6) is 0 Å². The molecule has 0 saturated heterocycles. The van der Waals surface area contributed by atoms with Crippen molar-refractivity contribution in [3.05, 3.63) is 35.4 Å². The topological polar surface area (TPSA) is 60.4 Å². The van der Waals surface area contributed by atoms with E-state index in [9.17, 15) is 9.90 Å². The van der Waals surface area contributed by atoms with Gasteiger partial charge in [-0.05, 0) is 11.1 Å². The quantitative estimate of drug-likeness (QED) is 0.431. The van der Waals surface area contributed by atoms with E-state index in [2.05, 4.69) is 37.1 Å². The van der Waals surface area contributed by atoms with Gasteiger partial charge in [0.2, 0.25) is 0 Å². The highest BCUT2D eigenvalue weighted by molar-refractivity contribution is 14.0. The summed E-state index contributed by atoms with van der Waals surface area (Å²) in [5, 5.41) is 19.4. The summed E-state index contributed by atoms with van der Waals surface area (Å²) in [6, 6.07) is 6.57. The summed E-state index contributed by atoms with van der Waals surface area (Å²) in [7, 11) is 6.16. The molecular weight excluding hydrogens is 425 g/mol. The zero-order chi connectivity index (χ0) is 14.2. The first-order valence-electron chi connectivity index (χ1n) is 5.57. The number of rotatable bonds is 4. The highest BCUT2D eigenvalue weighted by Gasteiger charge is 2.02. The Kier molecular flexibility index (Phi) is 11.8. The van der Waals surface area contributed by atoms with Crippen LogP contribution in [0.25, 0.3) is 0 Å². The van der Waals surface area contributed by atoms with Crippen LogP contribution < -0.4 is 5.11 Å². The van der Waals surface area contributed by atoms with Gasteiger partial charge in [-0.1, -0.05) is 40.2 Å². The van der Waals surface area contributed by atoms with E-state index in [-0.39, 0.29) is 36.1 Å². The average molecular weight is 446 g/mol. The molecule has 0 aliphatic rings. The maximum Gasteiger partial charge on any atom is 0.101 e. The Morgan fingerprint density at radius 1 is 1.26 bits per heavy atom. The molecule has 0 saturated carbocycles. The molecular formula is C13H21BrINO3. The summed E-state index contributed by atoms with van der Waals surface area (Å²) < 4.78 is 0.844. The fraction of sp³-hybridized carbons (Fsp3) is 0.462. The lowest BCUT2D eigenvalue weighted by Crippen LogP contribution is -2.36. The summed E-state index contributed by atoms with van der Waals surface area (Å²) in [6.07, 6.45) is 0. The first-order chi connectivity index (χ1) is 8.30. The van der Waals surface area contributed by atoms with Crippen molar-refractivity contribution in [3.63, 3.8) is 0 Å². The SMILES string of the molecule is C[N+](C)(C)CCO.I.O=C([O-])c1ccc(CBr)cc1. The highest BCUT2D eigenvalue weighted by atomic mass is 127. The maximum absolute atomic E-state index is 10.3. The number of hydrogen-bond acceptors (Lipinski definition) is 3. The van der Waals surface area contributed by atoms with Gasteiger partial charge in [-0.25, -0.2) is 0 Å². The molecule has 0 unspecified atom stereocenters. The average Bonchev–Trinajstić information content (AvgIpc) is 2.28. The maximum atomic E-state index is 10.3. The number of benzene rings is 1. The Balaban J connectivity index is 0. The third-order valence-electron chi connectivity index (χ3n) is 2.11. The Bertz CT molecular complexity index is 363. The van der Waals surface area contributed by atoms with E-state index in [0.29, 0.717) is 0 Å².